The number of carboxylic acid groups (broad SMARTS) is 1. The second-order valence-corrected chi connectivity index (χ2v) is 5.73. The zero-order chi connectivity index (χ0) is 14.9. The van der Waals surface area contributed by atoms with Crippen molar-refractivity contribution >= 4 is 51.5 Å². The van der Waals surface area contributed by atoms with Gasteiger partial charge >= 0.3 is 51.5 Å². The molecule has 0 aromatic carbocycles. The van der Waals surface area contributed by atoms with Crippen LogP contribution in [0, 0.1) is 0 Å². The molecular formula is C18H36FeO2Sr. The quantitative estimate of drug-likeness (QED) is 0.222. The molecule has 130 valence electrons. The standard InChI is InChI=1S/C18H34O2.Fe.Sr.2H/c1-2-3-4-5-6-7-8-9-10-11-12-13-14-15-16-17-18(19)20;;;;/h9-10H,2-8,11-17H2,1H3,(H,19,20);;;;/b10-9-;;;;. The molecule has 0 spiro atoms. The van der Waals surface area contributed by atoms with Gasteiger partial charge in [-0.05, 0) is 32.1 Å². The van der Waals surface area contributed by atoms with E-state index in [1.54, 1.807) is 0 Å². The van der Waals surface area contributed by atoms with Crippen LogP contribution in [0.1, 0.15) is 96.8 Å². The van der Waals surface area contributed by atoms with Gasteiger partial charge in [-0.25, -0.2) is 0 Å². The van der Waals surface area contributed by atoms with Crippen LogP contribution in [-0.2, 0) is 21.9 Å². The third kappa shape index (κ3) is 26.1. The van der Waals surface area contributed by atoms with Gasteiger partial charge in [0.05, 0.1) is 0 Å². The Bertz CT molecular complexity index is 245. The Morgan fingerprint density at radius 2 is 1.18 bits per heavy atom. The molecule has 22 heavy (non-hydrogen) atoms. The van der Waals surface area contributed by atoms with Gasteiger partial charge in [0, 0.05) is 23.5 Å². The first-order valence-corrected chi connectivity index (χ1v) is 8.64. The maximum absolute atomic E-state index is 10.3. The normalized spacial score (nSPS) is 10.2. The van der Waals surface area contributed by atoms with Gasteiger partial charge in [0.15, 0.2) is 0 Å². The molecule has 0 saturated carbocycles. The molecule has 2 nitrogen and oxygen atoms in total. The summed E-state index contributed by atoms with van der Waals surface area (Å²) in [5.41, 5.74) is 0. The van der Waals surface area contributed by atoms with Crippen molar-refractivity contribution in [3.63, 3.8) is 0 Å². The summed E-state index contributed by atoms with van der Waals surface area (Å²) in [7, 11) is 0. The van der Waals surface area contributed by atoms with E-state index >= 15 is 0 Å². The number of hydrogen-bond donors (Lipinski definition) is 1. The number of hydrogen-bond acceptors (Lipinski definition) is 1. The number of unbranched alkanes of at least 4 members (excludes halogenated alkanes) is 11. The van der Waals surface area contributed by atoms with Gasteiger partial charge in [-0.1, -0.05) is 70.4 Å². The summed E-state index contributed by atoms with van der Waals surface area (Å²) in [5.74, 6) is -0.664. The maximum atomic E-state index is 10.3. The van der Waals surface area contributed by atoms with E-state index in [4.69, 9.17) is 5.11 Å². The fraction of sp³-hybridized carbons (Fsp3) is 0.833. The van der Waals surface area contributed by atoms with E-state index in [-0.39, 0.29) is 62.6 Å². The predicted octanol–water partition coefficient (Wildman–Crippen LogP) is 5.19. The Morgan fingerprint density at radius 1 is 0.773 bits per heavy atom. The van der Waals surface area contributed by atoms with Crippen molar-refractivity contribution in [1.29, 1.82) is 0 Å². The molecule has 1 N–H and O–H groups in total. The third-order valence-electron chi connectivity index (χ3n) is 3.65. The molecule has 0 saturated heterocycles. The SMILES string of the molecule is CCCCCCCC/C=C\CCCCCCCC(=O)O.[Fe].[SrH2]. The van der Waals surface area contributed by atoms with Crippen molar-refractivity contribution in [2.24, 2.45) is 0 Å². The second-order valence-electron chi connectivity index (χ2n) is 5.73. The predicted molar refractivity (Wildman–Crippen MR) is 95.6 cm³/mol. The van der Waals surface area contributed by atoms with Gasteiger partial charge in [-0.15, -0.1) is 0 Å². The topological polar surface area (TPSA) is 37.3 Å². The van der Waals surface area contributed by atoms with Crippen molar-refractivity contribution in [3.05, 3.63) is 12.2 Å². The molecule has 0 atom stereocenters. The average molecular weight is 428 g/mol. The summed E-state index contributed by atoms with van der Waals surface area (Å²) >= 11 is 0. The molecule has 0 unspecified atom stereocenters. The van der Waals surface area contributed by atoms with Crippen LogP contribution in [0.4, 0.5) is 0 Å². The van der Waals surface area contributed by atoms with Crippen molar-refractivity contribution in [1.82, 2.24) is 0 Å². The van der Waals surface area contributed by atoms with Crippen LogP contribution in [0.3, 0.4) is 0 Å². The first kappa shape index (κ1) is 28.0. The van der Waals surface area contributed by atoms with E-state index in [1.165, 1.54) is 70.6 Å². The number of rotatable bonds is 15. The molecule has 0 aliphatic carbocycles. The Labute approximate surface area is 185 Å². The molecule has 0 rings (SSSR count). The monoisotopic (exact) mass is 428 g/mol. The van der Waals surface area contributed by atoms with E-state index in [0.29, 0.717) is 6.42 Å². The van der Waals surface area contributed by atoms with E-state index in [2.05, 4.69) is 19.1 Å². The Balaban J connectivity index is -0.00000180. The van der Waals surface area contributed by atoms with Gasteiger partial charge in [0.25, 0.3) is 0 Å². The van der Waals surface area contributed by atoms with Gasteiger partial charge in [0.2, 0.25) is 0 Å². The molecule has 0 fully saturated rings. The van der Waals surface area contributed by atoms with Gasteiger partial charge in [-0.3, -0.25) is 4.79 Å². The van der Waals surface area contributed by atoms with E-state index in [9.17, 15) is 4.79 Å². The fourth-order valence-corrected chi connectivity index (χ4v) is 2.35. The van der Waals surface area contributed by atoms with Crippen molar-refractivity contribution in [2.45, 2.75) is 96.8 Å². The van der Waals surface area contributed by atoms with Crippen LogP contribution in [0.15, 0.2) is 12.2 Å². The van der Waals surface area contributed by atoms with E-state index in [1.807, 2.05) is 0 Å². The van der Waals surface area contributed by atoms with Crippen LogP contribution in [0.25, 0.3) is 0 Å². The van der Waals surface area contributed by atoms with Crippen molar-refractivity contribution < 1.29 is 27.0 Å². The number of allylic oxidation sites excluding steroid dienone is 2. The summed E-state index contributed by atoms with van der Waals surface area (Å²) in [5, 5.41) is 8.51. The second kappa shape index (κ2) is 24.5. The Hall–Kier alpha value is 1.21. The van der Waals surface area contributed by atoms with Crippen molar-refractivity contribution in [3.8, 4) is 0 Å². The zero-order valence-corrected chi connectivity index (χ0v) is 14.9. The van der Waals surface area contributed by atoms with Gasteiger partial charge in [0.1, 0.15) is 0 Å². The first-order valence-electron chi connectivity index (χ1n) is 8.64. The van der Waals surface area contributed by atoms with Crippen molar-refractivity contribution in [2.75, 3.05) is 0 Å². The van der Waals surface area contributed by atoms with E-state index in [0.717, 1.165) is 12.8 Å². The van der Waals surface area contributed by atoms with Crippen LogP contribution in [-0.4, -0.2) is 56.6 Å². The number of carboxylic acids is 1. The Morgan fingerprint density at radius 3 is 1.64 bits per heavy atom. The fourth-order valence-electron chi connectivity index (χ4n) is 2.35. The molecule has 0 bridgehead atoms. The minimum absolute atomic E-state index is 0. The molecule has 0 heterocycles. The molecule has 0 radical (unpaired) electrons. The van der Waals surface area contributed by atoms with Crippen LogP contribution >= 0.6 is 0 Å². The third-order valence-corrected chi connectivity index (χ3v) is 3.65. The van der Waals surface area contributed by atoms with Crippen LogP contribution in [0.5, 0.6) is 0 Å². The number of carbonyl (C=O) groups is 1. The molecule has 0 aliphatic rings. The molecular weight excluding hydrogens is 392 g/mol. The molecule has 0 amide bonds. The summed E-state index contributed by atoms with van der Waals surface area (Å²) < 4.78 is 0. The zero-order valence-electron chi connectivity index (χ0n) is 13.8. The number of aliphatic carboxylic acids is 1. The van der Waals surface area contributed by atoms with E-state index < -0.39 is 5.97 Å². The summed E-state index contributed by atoms with van der Waals surface area (Å²) in [4.78, 5) is 10.3. The minimum atomic E-state index is -0.664. The molecule has 0 aromatic rings. The Kier molecular flexibility index (Phi) is 31.2. The summed E-state index contributed by atoms with van der Waals surface area (Å²) in [6.07, 6.45) is 21.2. The first-order chi connectivity index (χ1) is 9.77. The molecule has 0 aliphatic heterocycles. The van der Waals surface area contributed by atoms with Gasteiger partial charge in [-0.2, -0.15) is 0 Å². The molecule has 4 heteroatoms. The molecule has 0 aromatic heterocycles. The summed E-state index contributed by atoms with van der Waals surface area (Å²) in [6.45, 7) is 2.26. The average Bonchev–Trinajstić information content (AvgIpc) is 2.43. The van der Waals surface area contributed by atoms with Gasteiger partial charge < -0.3 is 5.11 Å². The summed E-state index contributed by atoms with van der Waals surface area (Å²) in [6, 6.07) is 0. The van der Waals surface area contributed by atoms with Crippen LogP contribution in [0.2, 0.25) is 0 Å². The van der Waals surface area contributed by atoms with Crippen LogP contribution < -0.4 is 0 Å².